The van der Waals surface area contributed by atoms with E-state index in [9.17, 15) is 4.79 Å². The molecule has 0 spiro atoms. The van der Waals surface area contributed by atoms with Crippen LogP contribution in [0.3, 0.4) is 0 Å². The Morgan fingerprint density at radius 2 is 1.84 bits per heavy atom. The van der Waals surface area contributed by atoms with Gasteiger partial charge in [0.2, 0.25) is 0 Å². The normalized spacial score (nSPS) is 12.1. The van der Waals surface area contributed by atoms with Gasteiger partial charge in [-0.1, -0.05) is 58.0 Å². The minimum Gasteiger partial charge on any atom is -0.469 e. The zero-order valence-corrected chi connectivity index (χ0v) is 12.6. The Kier molecular flexibility index (Phi) is 5.81. The third-order valence-electron chi connectivity index (χ3n) is 3.03. The van der Waals surface area contributed by atoms with Gasteiger partial charge in [-0.05, 0) is 28.5 Å². The fourth-order valence-corrected chi connectivity index (χ4v) is 2.17. The lowest BCUT2D eigenvalue weighted by atomic mass is 9.89. The van der Waals surface area contributed by atoms with Gasteiger partial charge in [-0.25, -0.2) is 0 Å². The van der Waals surface area contributed by atoms with E-state index in [1.165, 1.54) is 12.7 Å². The fraction of sp³-hybridized carbons (Fsp3) is 0.471. The average Bonchev–Trinajstić information content (AvgIpc) is 2.37. The van der Waals surface area contributed by atoms with Gasteiger partial charge in [-0.3, -0.25) is 4.79 Å². The highest BCUT2D eigenvalue weighted by molar-refractivity contribution is 5.86. The van der Waals surface area contributed by atoms with E-state index in [1.54, 1.807) is 0 Å². The highest BCUT2D eigenvalue weighted by Gasteiger charge is 2.14. The van der Waals surface area contributed by atoms with Gasteiger partial charge < -0.3 is 4.74 Å². The van der Waals surface area contributed by atoms with Gasteiger partial charge in [0, 0.05) is 0 Å². The Labute approximate surface area is 116 Å². The van der Waals surface area contributed by atoms with Gasteiger partial charge in [0.25, 0.3) is 0 Å². The van der Waals surface area contributed by atoms with E-state index in [4.69, 9.17) is 4.74 Å². The first-order chi connectivity index (χ1) is 8.95. The van der Waals surface area contributed by atoms with E-state index in [0.29, 0.717) is 18.3 Å². The summed E-state index contributed by atoms with van der Waals surface area (Å²) in [6.07, 6.45) is 2.48. The topological polar surface area (TPSA) is 26.3 Å². The summed E-state index contributed by atoms with van der Waals surface area (Å²) in [7, 11) is 1.43. The van der Waals surface area contributed by atoms with Crippen LogP contribution in [0.5, 0.6) is 0 Å². The van der Waals surface area contributed by atoms with Crippen LogP contribution >= 0.6 is 0 Å². The Hall–Kier alpha value is -1.57. The number of hydrogen-bond donors (Lipinski definition) is 0. The average molecular weight is 260 g/mol. The number of carbonyl (C=O) groups is 1. The SMILES string of the molecule is COC(=O)C/C(=C/C(C)C)c1ccccc1C(C)C. The quantitative estimate of drug-likeness (QED) is 0.733. The van der Waals surface area contributed by atoms with Crippen LogP contribution in [-0.2, 0) is 9.53 Å². The second-order valence-corrected chi connectivity index (χ2v) is 5.43. The zero-order chi connectivity index (χ0) is 14.4. The van der Waals surface area contributed by atoms with Gasteiger partial charge in [0.1, 0.15) is 0 Å². The Bertz CT molecular complexity index is 456. The molecular formula is C17H24O2. The smallest absolute Gasteiger partial charge is 0.309 e. The van der Waals surface area contributed by atoms with Crippen molar-refractivity contribution in [1.82, 2.24) is 0 Å². The van der Waals surface area contributed by atoms with Crippen molar-refractivity contribution in [3.05, 3.63) is 41.5 Å². The summed E-state index contributed by atoms with van der Waals surface area (Å²) in [4.78, 5) is 11.6. The lowest BCUT2D eigenvalue weighted by molar-refractivity contribution is -0.139. The van der Waals surface area contributed by atoms with E-state index in [0.717, 1.165) is 11.1 Å². The first-order valence-corrected chi connectivity index (χ1v) is 6.82. The van der Waals surface area contributed by atoms with Gasteiger partial charge in [-0.15, -0.1) is 0 Å². The molecule has 0 aliphatic carbocycles. The van der Waals surface area contributed by atoms with E-state index < -0.39 is 0 Å². The van der Waals surface area contributed by atoms with Crippen LogP contribution in [0, 0.1) is 5.92 Å². The summed E-state index contributed by atoms with van der Waals surface area (Å²) in [5.41, 5.74) is 3.50. The molecule has 0 saturated carbocycles. The highest BCUT2D eigenvalue weighted by atomic mass is 16.5. The molecule has 0 aliphatic rings. The molecule has 19 heavy (non-hydrogen) atoms. The number of hydrogen-bond acceptors (Lipinski definition) is 2. The second-order valence-electron chi connectivity index (χ2n) is 5.43. The van der Waals surface area contributed by atoms with E-state index >= 15 is 0 Å². The first kappa shape index (κ1) is 15.5. The summed E-state index contributed by atoms with van der Waals surface area (Å²) in [5.74, 6) is 0.648. The lowest BCUT2D eigenvalue weighted by Crippen LogP contribution is -2.05. The first-order valence-electron chi connectivity index (χ1n) is 6.82. The van der Waals surface area contributed by atoms with Crippen LogP contribution in [0.25, 0.3) is 5.57 Å². The number of methoxy groups -OCH3 is 1. The lowest BCUT2D eigenvalue weighted by Gasteiger charge is -2.16. The molecule has 0 atom stereocenters. The molecule has 2 heteroatoms. The number of allylic oxidation sites excluding steroid dienone is 1. The van der Waals surface area contributed by atoms with Crippen LogP contribution in [0.4, 0.5) is 0 Å². The van der Waals surface area contributed by atoms with Gasteiger partial charge >= 0.3 is 5.97 Å². The molecule has 0 bridgehead atoms. The molecule has 104 valence electrons. The van der Waals surface area contributed by atoms with Crippen molar-refractivity contribution >= 4 is 11.5 Å². The van der Waals surface area contributed by atoms with Crippen molar-refractivity contribution in [1.29, 1.82) is 0 Å². The Balaban J connectivity index is 3.21. The number of esters is 1. The molecule has 0 heterocycles. The molecule has 0 aromatic heterocycles. The monoisotopic (exact) mass is 260 g/mol. The number of carbonyl (C=O) groups excluding carboxylic acids is 1. The van der Waals surface area contributed by atoms with Crippen LogP contribution in [0.1, 0.15) is 51.2 Å². The summed E-state index contributed by atoms with van der Waals surface area (Å²) < 4.78 is 4.80. The van der Waals surface area contributed by atoms with Crippen molar-refractivity contribution in [2.75, 3.05) is 7.11 Å². The predicted molar refractivity (Wildman–Crippen MR) is 80.0 cm³/mol. The largest absolute Gasteiger partial charge is 0.469 e. The predicted octanol–water partition coefficient (Wildman–Crippen LogP) is 4.41. The summed E-state index contributed by atoms with van der Waals surface area (Å²) in [6, 6.07) is 8.29. The van der Waals surface area contributed by atoms with Gasteiger partial charge in [0.05, 0.1) is 13.5 Å². The highest BCUT2D eigenvalue weighted by Crippen LogP contribution is 2.29. The van der Waals surface area contributed by atoms with Gasteiger partial charge in [0.15, 0.2) is 0 Å². The van der Waals surface area contributed by atoms with Crippen LogP contribution < -0.4 is 0 Å². The maximum atomic E-state index is 11.6. The molecule has 2 nitrogen and oxygen atoms in total. The molecule has 1 aromatic rings. The van der Waals surface area contributed by atoms with Crippen molar-refractivity contribution in [3.8, 4) is 0 Å². The number of ether oxygens (including phenoxy) is 1. The molecule has 1 aromatic carbocycles. The van der Waals surface area contributed by atoms with Crippen LogP contribution in [-0.4, -0.2) is 13.1 Å². The molecule has 0 saturated heterocycles. The molecular weight excluding hydrogens is 236 g/mol. The van der Waals surface area contributed by atoms with Crippen molar-refractivity contribution in [2.45, 2.75) is 40.0 Å². The van der Waals surface area contributed by atoms with E-state index in [1.807, 2.05) is 12.1 Å². The molecule has 0 fully saturated rings. The molecule has 0 radical (unpaired) electrons. The second kappa shape index (κ2) is 7.13. The summed E-state index contributed by atoms with van der Waals surface area (Å²) in [6.45, 7) is 8.58. The van der Waals surface area contributed by atoms with E-state index in [2.05, 4.69) is 45.9 Å². The van der Waals surface area contributed by atoms with Gasteiger partial charge in [-0.2, -0.15) is 0 Å². The van der Waals surface area contributed by atoms with Crippen molar-refractivity contribution in [2.24, 2.45) is 5.92 Å². The molecule has 1 rings (SSSR count). The Morgan fingerprint density at radius 3 is 2.37 bits per heavy atom. The van der Waals surface area contributed by atoms with Crippen molar-refractivity contribution < 1.29 is 9.53 Å². The molecule has 0 unspecified atom stereocenters. The third-order valence-corrected chi connectivity index (χ3v) is 3.03. The maximum absolute atomic E-state index is 11.6. The molecule has 0 aliphatic heterocycles. The number of rotatable bonds is 5. The summed E-state index contributed by atoms with van der Waals surface area (Å²) >= 11 is 0. The summed E-state index contributed by atoms with van der Waals surface area (Å²) in [5, 5.41) is 0. The fourth-order valence-electron chi connectivity index (χ4n) is 2.17. The minimum absolute atomic E-state index is 0.189. The maximum Gasteiger partial charge on any atom is 0.309 e. The van der Waals surface area contributed by atoms with Crippen LogP contribution in [0.2, 0.25) is 0 Å². The van der Waals surface area contributed by atoms with Crippen LogP contribution in [0.15, 0.2) is 30.3 Å². The number of benzene rings is 1. The standard InChI is InChI=1S/C17H24O2/c1-12(2)10-14(11-17(18)19-5)16-9-7-6-8-15(16)13(3)4/h6-10,12-13H,11H2,1-5H3/b14-10-. The zero-order valence-electron chi connectivity index (χ0n) is 12.6. The third kappa shape index (κ3) is 4.55. The van der Waals surface area contributed by atoms with Crippen molar-refractivity contribution in [3.63, 3.8) is 0 Å². The molecule has 0 amide bonds. The minimum atomic E-state index is -0.189. The molecule has 0 N–H and O–H groups in total. The Morgan fingerprint density at radius 1 is 1.21 bits per heavy atom. The van der Waals surface area contributed by atoms with E-state index in [-0.39, 0.29) is 5.97 Å².